The summed E-state index contributed by atoms with van der Waals surface area (Å²) in [5.41, 5.74) is 0. The molecule has 1 atom stereocenters. The Morgan fingerprint density at radius 1 is 1.07 bits per heavy atom. The van der Waals surface area contributed by atoms with Crippen LogP contribution in [0, 0.1) is 0 Å². The summed E-state index contributed by atoms with van der Waals surface area (Å²) in [6.07, 6.45) is -0.817. The van der Waals surface area contributed by atoms with Crippen LogP contribution >= 0.6 is 0 Å². The van der Waals surface area contributed by atoms with Gasteiger partial charge in [-0.05, 0) is 6.42 Å². The molecule has 0 aromatic heterocycles. The van der Waals surface area contributed by atoms with Crippen molar-refractivity contribution < 1.29 is 15.3 Å². The summed E-state index contributed by atoms with van der Waals surface area (Å²) in [6, 6.07) is 3.11. The second kappa shape index (κ2) is 5.99. The Morgan fingerprint density at radius 2 is 1.47 bits per heavy atom. The third-order valence-electron chi connectivity index (χ3n) is 4.44. The Labute approximate surface area is 94.2 Å². The van der Waals surface area contributed by atoms with Crippen molar-refractivity contribution in [2.45, 2.75) is 63.6 Å². The summed E-state index contributed by atoms with van der Waals surface area (Å²) >= 11 is 0. The average molecular weight is 234 g/mol. The first-order chi connectivity index (χ1) is 6.94. The van der Waals surface area contributed by atoms with Crippen LogP contribution < -0.4 is 0 Å². The molecule has 3 N–H and O–H groups in total. The van der Waals surface area contributed by atoms with Gasteiger partial charge < -0.3 is 15.3 Å². The van der Waals surface area contributed by atoms with Crippen LogP contribution in [0.25, 0.3) is 0 Å². The van der Waals surface area contributed by atoms with E-state index in [9.17, 15) is 10.2 Å². The van der Waals surface area contributed by atoms with E-state index in [4.69, 9.17) is 5.11 Å². The van der Waals surface area contributed by atoms with Crippen LogP contribution in [0.3, 0.4) is 0 Å². The molecule has 15 heavy (non-hydrogen) atoms. The molecule has 0 saturated carbocycles. The zero-order chi connectivity index (χ0) is 12.1. The van der Waals surface area contributed by atoms with Crippen LogP contribution in [0.4, 0.5) is 0 Å². The summed E-state index contributed by atoms with van der Waals surface area (Å²) in [7, 11) is -1.72. The zero-order valence-electron chi connectivity index (χ0n) is 10.5. The highest BCUT2D eigenvalue weighted by Crippen LogP contribution is 2.49. The molecule has 3 nitrogen and oxygen atoms in total. The SMILES string of the molecule is CC[Si](CC)(CC)C(C)(CCO)C(O)O. The van der Waals surface area contributed by atoms with E-state index in [2.05, 4.69) is 20.8 Å². The number of hydrogen-bond donors (Lipinski definition) is 3. The minimum absolute atomic E-state index is 0.0306. The van der Waals surface area contributed by atoms with Gasteiger partial charge >= 0.3 is 0 Å². The molecule has 92 valence electrons. The lowest BCUT2D eigenvalue weighted by atomic mass is 10.1. The highest BCUT2D eigenvalue weighted by Gasteiger charge is 2.49. The van der Waals surface area contributed by atoms with Gasteiger partial charge in [0.2, 0.25) is 0 Å². The fourth-order valence-corrected chi connectivity index (χ4v) is 7.97. The van der Waals surface area contributed by atoms with E-state index in [-0.39, 0.29) is 6.61 Å². The molecule has 0 aromatic rings. The molecular formula is C11H26O3Si. The summed E-state index contributed by atoms with van der Waals surface area (Å²) < 4.78 is 0. The Kier molecular flexibility index (Phi) is 6.03. The van der Waals surface area contributed by atoms with E-state index in [0.29, 0.717) is 6.42 Å². The molecule has 4 heteroatoms. The molecule has 0 aliphatic rings. The van der Waals surface area contributed by atoms with Crippen molar-refractivity contribution in [2.75, 3.05) is 6.61 Å². The predicted octanol–water partition coefficient (Wildman–Crippen LogP) is 1.95. The van der Waals surface area contributed by atoms with Crippen LogP contribution in [0.1, 0.15) is 34.1 Å². The van der Waals surface area contributed by atoms with Gasteiger partial charge in [0.25, 0.3) is 0 Å². The van der Waals surface area contributed by atoms with Crippen LogP contribution in [-0.2, 0) is 0 Å². The number of aliphatic hydroxyl groups excluding tert-OH is 2. The van der Waals surface area contributed by atoms with Crippen molar-refractivity contribution in [1.29, 1.82) is 0 Å². The van der Waals surface area contributed by atoms with Crippen molar-refractivity contribution in [1.82, 2.24) is 0 Å². The van der Waals surface area contributed by atoms with Gasteiger partial charge in [0.15, 0.2) is 6.29 Å². The minimum Gasteiger partial charge on any atom is -0.396 e. The minimum atomic E-state index is -1.72. The Hall–Kier alpha value is 0.0969. The second-order valence-electron chi connectivity index (χ2n) is 4.61. The molecule has 0 bridgehead atoms. The van der Waals surface area contributed by atoms with Crippen molar-refractivity contribution in [3.05, 3.63) is 0 Å². The monoisotopic (exact) mass is 234 g/mol. The van der Waals surface area contributed by atoms with E-state index in [1.807, 2.05) is 6.92 Å². The summed E-state index contributed by atoms with van der Waals surface area (Å²) in [5.74, 6) is 0. The van der Waals surface area contributed by atoms with Crippen molar-refractivity contribution >= 4 is 8.07 Å². The summed E-state index contributed by atoms with van der Waals surface area (Å²) in [5, 5.41) is 27.8. The first kappa shape index (κ1) is 15.1. The normalized spacial score (nSPS) is 16.8. The van der Waals surface area contributed by atoms with E-state index < -0.39 is 19.4 Å². The third kappa shape index (κ3) is 2.61. The molecule has 0 amide bonds. The summed E-state index contributed by atoms with van der Waals surface area (Å²) in [6.45, 7) is 8.37. The highest BCUT2D eigenvalue weighted by molar-refractivity contribution is 6.82. The molecular weight excluding hydrogens is 208 g/mol. The van der Waals surface area contributed by atoms with Gasteiger partial charge in [0.05, 0.1) is 8.07 Å². The van der Waals surface area contributed by atoms with Crippen LogP contribution in [0.15, 0.2) is 0 Å². The van der Waals surface area contributed by atoms with Crippen molar-refractivity contribution in [2.24, 2.45) is 0 Å². The topological polar surface area (TPSA) is 60.7 Å². The number of aliphatic hydroxyl groups is 3. The molecule has 0 aliphatic carbocycles. The fraction of sp³-hybridized carbons (Fsp3) is 1.00. The highest BCUT2D eigenvalue weighted by atomic mass is 28.3. The Balaban J connectivity index is 5.16. The van der Waals surface area contributed by atoms with E-state index >= 15 is 0 Å². The molecule has 0 rings (SSSR count). The molecule has 0 aliphatic heterocycles. The van der Waals surface area contributed by atoms with Gasteiger partial charge in [-0.1, -0.05) is 45.8 Å². The van der Waals surface area contributed by atoms with E-state index in [1.165, 1.54) is 0 Å². The lowest BCUT2D eigenvalue weighted by Gasteiger charge is -2.47. The molecule has 0 aromatic carbocycles. The van der Waals surface area contributed by atoms with Crippen molar-refractivity contribution in [3.8, 4) is 0 Å². The largest absolute Gasteiger partial charge is 0.396 e. The molecule has 0 spiro atoms. The van der Waals surface area contributed by atoms with Gasteiger partial charge in [-0.15, -0.1) is 0 Å². The number of rotatable bonds is 7. The fourth-order valence-electron chi connectivity index (χ4n) is 2.86. The Bertz CT molecular complexity index is 172. The first-order valence-electron chi connectivity index (χ1n) is 5.91. The van der Waals surface area contributed by atoms with Gasteiger partial charge in [0, 0.05) is 11.6 Å². The smallest absolute Gasteiger partial charge is 0.154 e. The maximum atomic E-state index is 9.61. The quantitative estimate of drug-likeness (QED) is 0.466. The van der Waals surface area contributed by atoms with Gasteiger partial charge in [0.1, 0.15) is 0 Å². The maximum absolute atomic E-state index is 9.61. The van der Waals surface area contributed by atoms with Gasteiger partial charge in [-0.2, -0.15) is 0 Å². The molecule has 0 saturated heterocycles. The van der Waals surface area contributed by atoms with Gasteiger partial charge in [-0.3, -0.25) is 0 Å². The van der Waals surface area contributed by atoms with E-state index in [0.717, 1.165) is 18.1 Å². The molecule has 0 heterocycles. The van der Waals surface area contributed by atoms with E-state index in [1.54, 1.807) is 0 Å². The number of hydrogen-bond acceptors (Lipinski definition) is 3. The lowest BCUT2D eigenvalue weighted by molar-refractivity contribution is -0.0793. The van der Waals surface area contributed by atoms with Gasteiger partial charge in [-0.25, -0.2) is 0 Å². The first-order valence-corrected chi connectivity index (χ1v) is 8.53. The lowest BCUT2D eigenvalue weighted by Crippen LogP contribution is -2.51. The van der Waals surface area contributed by atoms with Crippen LogP contribution in [0.2, 0.25) is 23.2 Å². The van der Waals surface area contributed by atoms with Crippen molar-refractivity contribution in [3.63, 3.8) is 0 Å². The van der Waals surface area contributed by atoms with Crippen LogP contribution in [-0.4, -0.2) is 36.3 Å². The maximum Gasteiger partial charge on any atom is 0.154 e. The standard InChI is InChI=1S/C11H26O3Si/c1-5-15(6-2,7-3)11(4,8-9-12)10(13)14/h10,12-14H,5-9H2,1-4H3. The second-order valence-corrected chi connectivity index (χ2v) is 10.4. The third-order valence-corrected chi connectivity index (χ3v) is 11.4. The zero-order valence-corrected chi connectivity index (χ0v) is 11.5. The van der Waals surface area contributed by atoms with Crippen LogP contribution in [0.5, 0.6) is 0 Å². The Morgan fingerprint density at radius 3 is 1.67 bits per heavy atom. The average Bonchev–Trinajstić information content (AvgIpc) is 2.21. The predicted molar refractivity (Wildman–Crippen MR) is 65.5 cm³/mol. The molecule has 0 radical (unpaired) electrons. The summed E-state index contributed by atoms with van der Waals surface area (Å²) in [4.78, 5) is 0. The molecule has 1 unspecified atom stereocenters. The molecule has 0 fully saturated rings.